The molecule has 2 aromatic rings. The van der Waals surface area contributed by atoms with Crippen LogP contribution in [0.25, 0.3) is 0 Å². The first-order valence-corrected chi connectivity index (χ1v) is 9.26. The van der Waals surface area contributed by atoms with E-state index in [9.17, 15) is 24.5 Å². The number of methoxy groups -OCH3 is 1. The molecule has 0 bridgehead atoms. The zero-order valence-corrected chi connectivity index (χ0v) is 16.6. The number of rotatable bonds is 7. The summed E-state index contributed by atoms with van der Waals surface area (Å²) in [4.78, 5) is 48.6. The first-order chi connectivity index (χ1) is 14.3. The highest BCUT2D eigenvalue weighted by molar-refractivity contribution is 6.30. The highest BCUT2D eigenvalue weighted by Gasteiger charge is 2.37. The monoisotopic (exact) mass is 432 g/mol. The normalized spacial score (nSPS) is 15.7. The van der Waals surface area contributed by atoms with Gasteiger partial charge in [-0.25, -0.2) is 0 Å². The van der Waals surface area contributed by atoms with Gasteiger partial charge in [-0.15, -0.1) is 0 Å². The van der Waals surface area contributed by atoms with Gasteiger partial charge in [0.1, 0.15) is 5.75 Å². The van der Waals surface area contributed by atoms with Gasteiger partial charge in [-0.1, -0.05) is 11.6 Å². The summed E-state index contributed by atoms with van der Waals surface area (Å²) >= 11 is 5.78. The number of ether oxygens (including phenoxy) is 2. The van der Waals surface area contributed by atoms with Gasteiger partial charge < -0.3 is 14.4 Å². The number of amides is 1. The molecule has 156 valence electrons. The molecule has 2 aromatic carbocycles. The SMILES string of the molecule is COc1cc([N+](=O)[O-])ccc1N1C[C@H](C(=O)OCC(=O)c2ccc(Cl)cc2)CC1=O. The summed E-state index contributed by atoms with van der Waals surface area (Å²) in [7, 11) is 1.33. The largest absolute Gasteiger partial charge is 0.494 e. The minimum Gasteiger partial charge on any atom is -0.494 e. The summed E-state index contributed by atoms with van der Waals surface area (Å²) in [6.07, 6.45) is -0.103. The zero-order chi connectivity index (χ0) is 21.8. The Balaban J connectivity index is 1.65. The Labute approximate surface area is 176 Å². The van der Waals surface area contributed by atoms with Crippen molar-refractivity contribution in [2.45, 2.75) is 6.42 Å². The van der Waals surface area contributed by atoms with Crippen LogP contribution in [0, 0.1) is 16.0 Å². The van der Waals surface area contributed by atoms with Gasteiger partial charge >= 0.3 is 5.97 Å². The molecule has 1 saturated heterocycles. The van der Waals surface area contributed by atoms with Crippen LogP contribution in [0.5, 0.6) is 5.75 Å². The minimum absolute atomic E-state index is 0.0149. The molecule has 1 aliphatic rings. The van der Waals surface area contributed by atoms with E-state index in [-0.39, 0.29) is 30.3 Å². The Morgan fingerprint density at radius 2 is 1.93 bits per heavy atom. The Kier molecular flexibility index (Phi) is 6.31. The van der Waals surface area contributed by atoms with Crippen molar-refractivity contribution in [1.82, 2.24) is 0 Å². The number of ketones is 1. The molecule has 1 fully saturated rings. The molecule has 9 nitrogen and oxygen atoms in total. The van der Waals surface area contributed by atoms with Gasteiger partial charge in [-0.2, -0.15) is 0 Å². The molecule has 0 radical (unpaired) electrons. The van der Waals surface area contributed by atoms with Gasteiger partial charge in [0.2, 0.25) is 5.91 Å². The van der Waals surface area contributed by atoms with E-state index in [0.29, 0.717) is 16.3 Å². The summed E-state index contributed by atoms with van der Waals surface area (Å²) in [6.45, 7) is -0.438. The van der Waals surface area contributed by atoms with Crippen LogP contribution >= 0.6 is 11.6 Å². The van der Waals surface area contributed by atoms with Gasteiger partial charge in [0.15, 0.2) is 12.4 Å². The number of anilines is 1. The zero-order valence-electron chi connectivity index (χ0n) is 15.9. The lowest BCUT2D eigenvalue weighted by Crippen LogP contribution is -2.27. The van der Waals surface area contributed by atoms with Crippen molar-refractivity contribution in [3.05, 3.63) is 63.2 Å². The third kappa shape index (κ3) is 4.57. The predicted octanol–water partition coefficient (Wildman–Crippen LogP) is 3.04. The maximum absolute atomic E-state index is 12.4. The fraction of sp³-hybridized carbons (Fsp3) is 0.250. The van der Waals surface area contributed by atoms with Crippen molar-refractivity contribution in [3.8, 4) is 5.75 Å². The lowest BCUT2D eigenvalue weighted by Gasteiger charge is -2.19. The molecule has 0 aromatic heterocycles. The summed E-state index contributed by atoms with van der Waals surface area (Å²) in [6, 6.07) is 10.0. The Morgan fingerprint density at radius 1 is 1.23 bits per heavy atom. The summed E-state index contributed by atoms with van der Waals surface area (Å²) in [5.41, 5.74) is 0.492. The molecule has 1 heterocycles. The van der Waals surface area contributed by atoms with Gasteiger partial charge in [0.05, 0.1) is 29.7 Å². The van der Waals surface area contributed by atoms with Crippen molar-refractivity contribution in [3.63, 3.8) is 0 Å². The van der Waals surface area contributed by atoms with Crippen LogP contribution in [0.1, 0.15) is 16.8 Å². The molecule has 1 atom stereocenters. The Bertz CT molecular complexity index is 1010. The van der Waals surface area contributed by atoms with E-state index in [4.69, 9.17) is 21.1 Å². The highest BCUT2D eigenvalue weighted by atomic mass is 35.5. The van der Waals surface area contributed by atoms with Crippen LogP contribution in [0.4, 0.5) is 11.4 Å². The van der Waals surface area contributed by atoms with E-state index in [1.807, 2.05) is 0 Å². The molecule has 30 heavy (non-hydrogen) atoms. The lowest BCUT2D eigenvalue weighted by molar-refractivity contribution is -0.384. The molecule has 1 amide bonds. The molecule has 0 saturated carbocycles. The number of hydrogen-bond donors (Lipinski definition) is 0. The van der Waals surface area contributed by atoms with E-state index >= 15 is 0 Å². The van der Waals surface area contributed by atoms with E-state index < -0.39 is 29.2 Å². The van der Waals surface area contributed by atoms with Crippen LogP contribution < -0.4 is 9.64 Å². The van der Waals surface area contributed by atoms with E-state index in [0.717, 1.165) is 0 Å². The lowest BCUT2D eigenvalue weighted by atomic mass is 10.1. The van der Waals surface area contributed by atoms with Gasteiger partial charge in [-0.05, 0) is 30.3 Å². The van der Waals surface area contributed by atoms with E-state index in [1.54, 1.807) is 12.1 Å². The predicted molar refractivity (Wildman–Crippen MR) is 107 cm³/mol. The number of carbonyl (C=O) groups excluding carboxylic acids is 3. The van der Waals surface area contributed by atoms with Crippen LogP contribution in [0.15, 0.2) is 42.5 Å². The summed E-state index contributed by atoms with van der Waals surface area (Å²) < 4.78 is 10.3. The molecule has 0 aliphatic carbocycles. The van der Waals surface area contributed by atoms with E-state index in [1.165, 1.54) is 42.3 Å². The average Bonchev–Trinajstić information content (AvgIpc) is 3.13. The highest BCUT2D eigenvalue weighted by Crippen LogP contribution is 2.36. The molecule has 0 N–H and O–H groups in total. The maximum atomic E-state index is 12.4. The third-order valence-electron chi connectivity index (χ3n) is 4.64. The van der Waals surface area contributed by atoms with Gasteiger partial charge in [-0.3, -0.25) is 24.5 Å². The van der Waals surface area contributed by atoms with Crippen molar-refractivity contribution < 1.29 is 28.8 Å². The number of hydrogen-bond acceptors (Lipinski definition) is 7. The van der Waals surface area contributed by atoms with Gasteiger partial charge in [0.25, 0.3) is 5.69 Å². The van der Waals surface area contributed by atoms with Crippen molar-refractivity contribution in [2.75, 3.05) is 25.2 Å². The quantitative estimate of drug-likeness (QED) is 0.285. The maximum Gasteiger partial charge on any atom is 0.311 e. The number of nitro groups is 1. The van der Waals surface area contributed by atoms with Crippen molar-refractivity contribution in [2.24, 2.45) is 5.92 Å². The van der Waals surface area contributed by atoms with Crippen LogP contribution in [0.3, 0.4) is 0 Å². The first kappa shape index (κ1) is 21.3. The third-order valence-corrected chi connectivity index (χ3v) is 4.89. The second-order valence-electron chi connectivity index (χ2n) is 6.56. The number of halogens is 1. The molecule has 3 rings (SSSR count). The van der Waals surface area contributed by atoms with Crippen LogP contribution in [-0.2, 0) is 14.3 Å². The number of benzene rings is 2. The van der Waals surface area contributed by atoms with Crippen LogP contribution in [0.2, 0.25) is 5.02 Å². The number of nitrogens with zero attached hydrogens (tertiary/aromatic N) is 2. The summed E-state index contributed by atoms with van der Waals surface area (Å²) in [5, 5.41) is 11.4. The fourth-order valence-corrected chi connectivity index (χ4v) is 3.20. The van der Waals surface area contributed by atoms with Gasteiger partial charge in [0, 0.05) is 29.6 Å². The molecular weight excluding hydrogens is 416 g/mol. The average molecular weight is 433 g/mol. The second-order valence-corrected chi connectivity index (χ2v) is 6.99. The van der Waals surface area contributed by atoms with Crippen molar-refractivity contribution >= 4 is 40.6 Å². The molecule has 0 unspecified atom stereocenters. The molecule has 0 spiro atoms. The van der Waals surface area contributed by atoms with E-state index in [2.05, 4.69) is 0 Å². The first-order valence-electron chi connectivity index (χ1n) is 8.88. The Morgan fingerprint density at radius 3 is 2.57 bits per heavy atom. The topological polar surface area (TPSA) is 116 Å². The standard InChI is InChI=1S/C20H17ClN2O7/c1-29-18-9-15(23(27)28)6-7-16(18)22-10-13(8-19(22)25)20(26)30-11-17(24)12-2-4-14(21)5-3-12/h2-7,9,13H,8,10-11H2,1H3/t13-/m1/s1. The number of non-ortho nitro benzene ring substituents is 1. The summed E-state index contributed by atoms with van der Waals surface area (Å²) in [5.74, 6) is -2.04. The number of Topliss-reactive ketones (excluding diaryl/α,β-unsaturated/α-hetero) is 1. The fourth-order valence-electron chi connectivity index (χ4n) is 3.07. The number of nitro benzene ring substituents is 1. The smallest absolute Gasteiger partial charge is 0.311 e. The van der Waals surface area contributed by atoms with Crippen molar-refractivity contribution in [1.29, 1.82) is 0 Å². The molecule has 1 aliphatic heterocycles. The van der Waals surface area contributed by atoms with Crippen LogP contribution in [-0.4, -0.2) is 42.8 Å². The minimum atomic E-state index is -0.768. The second kappa shape index (κ2) is 8.91. The number of carbonyl (C=O) groups is 3. The number of esters is 1. The molecule has 10 heteroatoms. The molecular formula is C20H17ClN2O7. The Hall–Kier alpha value is -3.46.